The number of ether oxygens (including phenoxy) is 1. The minimum Gasteiger partial charge on any atom is -0.381 e. The summed E-state index contributed by atoms with van der Waals surface area (Å²) in [6, 6.07) is 20.2. The van der Waals surface area contributed by atoms with E-state index in [1.807, 2.05) is 18.2 Å². The zero-order valence-corrected chi connectivity index (χ0v) is 20.3. The molecule has 1 saturated heterocycles. The van der Waals surface area contributed by atoms with Crippen molar-refractivity contribution < 1.29 is 4.74 Å². The molecule has 2 heterocycles. The number of para-hydroxylation sites is 1. The summed E-state index contributed by atoms with van der Waals surface area (Å²) in [5.74, 6) is 0. The number of hydrogen-bond acceptors (Lipinski definition) is 3. The predicted molar refractivity (Wildman–Crippen MR) is 139 cm³/mol. The van der Waals surface area contributed by atoms with Crippen molar-refractivity contribution in [3.8, 4) is 0 Å². The van der Waals surface area contributed by atoms with E-state index in [2.05, 4.69) is 57.4 Å². The number of hydrogen-bond donors (Lipinski definition) is 1. The van der Waals surface area contributed by atoms with Crippen LogP contribution in [0.5, 0.6) is 0 Å². The van der Waals surface area contributed by atoms with Crippen LogP contribution in [0.2, 0.25) is 15.1 Å². The van der Waals surface area contributed by atoms with E-state index in [0.717, 1.165) is 48.3 Å². The van der Waals surface area contributed by atoms with Crippen LogP contribution in [-0.2, 0) is 17.8 Å². The summed E-state index contributed by atoms with van der Waals surface area (Å²) in [4.78, 5) is 2.27. The van der Waals surface area contributed by atoms with Gasteiger partial charge in [-0.3, -0.25) is 0 Å². The van der Waals surface area contributed by atoms with Crippen molar-refractivity contribution >= 4 is 57.1 Å². The molecule has 170 valence electrons. The normalized spacial score (nSPS) is 14.1. The molecule has 0 saturated carbocycles. The van der Waals surface area contributed by atoms with Crippen LogP contribution in [0.15, 0.2) is 66.9 Å². The largest absolute Gasteiger partial charge is 0.381 e. The molecule has 0 unspecified atom stereocenters. The molecule has 1 aromatic heterocycles. The lowest BCUT2D eigenvalue weighted by Crippen LogP contribution is -2.36. The van der Waals surface area contributed by atoms with Crippen molar-refractivity contribution in [3.63, 3.8) is 0 Å². The Balaban J connectivity index is 1.35. The fourth-order valence-electron chi connectivity index (χ4n) is 4.30. The second-order valence-electron chi connectivity index (χ2n) is 8.15. The standard InChI is InChI=1S/C26H24Cl3N3O/c27-20-6-5-18(23(28)13-20)16-32-17-19(22-3-1-2-4-25(22)32)15-30-21-7-8-26(24(29)14-21)31-9-11-33-12-10-31/h1-8,13-14,17,30H,9-12,15-16H2. The number of morpholine rings is 1. The van der Waals surface area contributed by atoms with E-state index < -0.39 is 0 Å². The van der Waals surface area contributed by atoms with Gasteiger partial charge >= 0.3 is 0 Å². The smallest absolute Gasteiger partial charge is 0.0660 e. The first-order valence-corrected chi connectivity index (χ1v) is 12.1. The summed E-state index contributed by atoms with van der Waals surface area (Å²) >= 11 is 19.1. The Bertz CT molecular complexity index is 1280. The van der Waals surface area contributed by atoms with Gasteiger partial charge in [0.2, 0.25) is 0 Å². The lowest BCUT2D eigenvalue weighted by atomic mass is 10.1. The SMILES string of the molecule is Clc1ccc(Cn2cc(CNc3ccc(N4CCOCC4)c(Cl)c3)c3ccccc32)c(Cl)c1. The van der Waals surface area contributed by atoms with Crippen LogP contribution in [0, 0.1) is 0 Å². The van der Waals surface area contributed by atoms with Crippen molar-refractivity contribution in [1.82, 2.24) is 4.57 Å². The van der Waals surface area contributed by atoms with Crippen LogP contribution in [0.1, 0.15) is 11.1 Å². The average Bonchev–Trinajstić information content (AvgIpc) is 3.18. The van der Waals surface area contributed by atoms with E-state index in [4.69, 9.17) is 39.5 Å². The molecule has 1 aliphatic heterocycles. The molecule has 1 aliphatic rings. The van der Waals surface area contributed by atoms with E-state index >= 15 is 0 Å². The van der Waals surface area contributed by atoms with Gasteiger partial charge in [0.05, 0.1) is 23.9 Å². The van der Waals surface area contributed by atoms with Gasteiger partial charge in [0.1, 0.15) is 0 Å². The highest BCUT2D eigenvalue weighted by Gasteiger charge is 2.15. The van der Waals surface area contributed by atoms with Gasteiger partial charge in [-0.15, -0.1) is 0 Å². The van der Waals surface area contributed by atoms with E-state index in [0.29, 0.717) is 23.1 Å². The summed E-state index contributed by atoms with van der Waals surface area (Å²) in [5, 5.41) is 6.82. The molecule has 1 fully saturated rings. The van der Waals surface area contributed by atoms with Gasteiger partial charge < -0.3 is 19.5 Å². The van der Waals surface area contributed by atoms with Crippen LogP contribution in [0.4, 0.5) is 11.4 Å². The second-order valence-corrected chi connectivity index (χ2v) is 9.41. The number of nitrogens with zero attached hydrogens (tertiary/aromatic N) is 2. The van der Waals surface area contributed by atoms with Crippen LogP contribution in [-0.4, -0.2) is 30.9 Å². The number of benzene rings is 3. The fourth-order valence-corrected chi connectivity index (χ4v) is 5.07. The van der Waals surface area contributed by atoms with Gasteiger partial charge in [-0.05, 0) is 47.5 Å². The maximum Gasteiger partial charge on any atom is 0.0660 e. The van der Waals surface area contributed by atoms with Gasteiger partial charge in [-0.25, -0.2) is 0 Å². The van der Waals surface area contributed by atoms with Crippen molar-refractivity contribution in [1.29, 1.82) is 0 Å². The number of halogens is 3. The fraction of sp³-hybridized carbons (Fsp3) is 0.231. The summed E-state index contributed by atoms with van der Waals surface area (Å²) in [6.45, 7) is 4.57. The molecule has 4 nitrogen and oxygen atoms in total. The van der Waals surface area contributed by atoms with Crippen LogP contribution >= 0.6 is 34.8 Å². The molecule has 0 bridgehead atoms. The molecule has 0 radical (unpaired) electrons. The highest BCUT2D eigenvalue weighted by Crippen LogP contribution is 2.31. The molecule has 4 aromatic rings. The zero-order valence-electron chi connectivity index (χ0n) is 18.0. The number of fused-ring (bicyclic) bond motifs is 1. The zero-order chi connectivity index (χ0) is 22.8. The Morgan fingerprint density at radius 2 is 1.67 bits per heavy atom. The summed E-state index contributed by atoms with van der Waals surface area (Å²) < 4.78 is 7.68. The lowest BCUT2D eigenvalue weighted by molar-refractivity contribution is 0.122. The van der Waals surface area contributed by atoms with E-state index in [1.165, 1.54) is 16.5 Å². The Morgan fingerprint density at radius 3 is 2.45 bits per heavy atom. The monoisotopic (exact) mass is 499 g/mol. The third kappa shape index (κ3) is 4.95. The van der Waals surface area contributed by atoms with Crippen LogP contribution in [0.25, 0.3) is 10.9 Å². The Kier molecular flexibility index (Phi) is 6.70. The highest BCUT2D eigenvalue weighted by molar-refractivity contribution is 6.35. The molecule has 0 spiro atoms. The van der Waals surface area contributed by atoms with Crippen molar-refractivity contribution in [2.45, 2.75) is 13.1 Å². The first-order chi connectivity index (χ1) is 16.1. The van der Waals surface area contributed by atoms with Gasteiger partial charge in [-0.1, -0.05) is 59.1 Å². The molecule has 0 atom stereocenters. The predicted octanol–water partition coefficient (Wildman–Crippen LogP) is 7.10. The van der Waals surface area contributed by atoms with Gasteiger partial charge in [-0.2, -0.15) is 0 Å². The molecular weight excluding hydrogens is 477 g/mol. The molecular formula is C26H24Cl3N3O. The van der Waals surface area contributed by atoms with Gasteiger partial charge in [0, 0.05) is 59.0 Å². The van der Waals surface area contributed by atoms with E-state index in [-0.39, 0.29) is 0 Å². The average molecular weight is 501 g/mol. The molecule has 5 rings (SSSR count). The molecule has 0 amide bonds. The van der Waals surface area contributed by atoms with Crippen molar-refractivity contribution in [3.05, 3.63) is 93.1 Å². The highest BCUT2D eigenvalue weighted by atomic mass is 35.5. The van der Waals surface area contributed by atoms with Crippen molar-refractivity contribution in [2.24, 2.45) is 0 Å². The topological polar surface area (TPSA) is 29.4 Å². The number of nitrogens with one attached hydrogen (secondary N) is 1. The minimum atomic E-state index is 0.643. The van der Waals surface area contributed by atoms with Gasteiger partial charge in [0.25, 0.3) is 0 Å². The Morgan fingerprint density at radius 1 is 0.848 bits per heavy atom. The maximum atomic E-state index is 6.61. The quantitative estimate of drug-likeness (QED) is 0.306. The van der Waals surface area contributed by atoms with E-state index in [9.17, 15) is 0 Å². The molecule has 0 aliphatic carbocycles. The minimum absolute atomic E-state index is 0.643. The first kappa shape index (κ1) is 22.4. The summed E-state index contributed by atoms with van der Waals surface area (Å²) in [7, 11) is 0. The Hall–Kier alpha value is -2.37. The Labute approximate surface area is 208 Å². The summed E-state index contributed by atoms with van der Waals surface area (Å²) in [5.41, 5.74) is 5.47. The third-order valence-corrected chi connectivity index (χ3v) is 6.90. The molecule has 3 aromatic carbocycles. The van der Waals surface area contributed by atoms with Crippen LogP contribution < -0.4 is 10.2 Å². The summed E-state index contributed by atoms with van der Waals surface area (Å²) in [6.07, 6.45) is 2.19. The maximum absolute atomic E-state index is 6.61. The third-order valence-electron chi connectivity index (χ3n) is 6.01. The van der Waals surface area contributed by atoms with Crippen LogP contribution in [0.3, 0.4) is 0 Å². The molecule has 33 heavy (non-hydrogen) atoms. The molecule has 7 heteroatoms. The number of rotatable bonds is 6. The second kappa shape index (κ2) is 9.86. The van der Waals surface area contributed by atoms with Crippen molar-refractivity contribution in [2.75, 3.05) is 36.5 Å². The first-order valence-electron chi connectivity index (χ1n) is 11.0. The van der Waals surface area contributed by atoms with E-state index in [1.54, 1.807) is 6.07 Å². The lowest BCUT2D eigenvalue weighted by Gasteiger charge is -2.29. The number of aromatic nitrogens is 1. The molecule has 1 N–H and O–H groups in total. The number of anilines is 2. The van der Waals surface area contributed by atoms with Gasteiger partial charge in [0.15, 0.2) is 0 Å².